The molecule has 0 heterocycles. The topological polar surface area (TPSA) is 12.0 Å². The number of hydrogen-bond donors (Lipinski definition) is 1. The van der Waals surface area contributed by atoms with Crippen molar-refractivity contribution >= 4 is 15.9 Å². The van der Waals surface area contributed by atoms with E-state index in [0.29, 0.717) is 5.56 Å². The lowest BCUT2D eigenvalue weighted by Gasteiger charge is -2.16. The molecule has 2 rings (SSSR count). The molecule has 2 aromatic rings. The first-order valence-corrected chi connectivity index (χ1v) is 6.89. The molecule has 1 nitrogen and oxygen atoms in total. The Morgan fingerprint density at radius 1 is 1.10 bits per heavy atom. The number of nitrogens with one attached hydrogen (secondary N) is 1. The lowest BCUT2D eigenvalue weighted by Crippen LogP contribution is -2.18. The molecule has 0 aliphatic rings. The minimum absolute atomic E-state index is 0.0123. The molecule has 1 atom stereocenters. The van der Waals surface area contributed by atoms with Crippen molar-refractivity contribution in [3.05, 3.63) is 69.4 Å². The van der Waals surface area contributed by atoms with E-state index < -0.39 is 17.5 Å². The normalized spacial score (nSPS) is 12.4. The molecule has 0 aliphatic carbocycles. The SMILES string of the molecule is C[C@@H](NCc1cc(F)c(F)c(F)c1)c1ccccc1Br. The summed E-state index contributed by atoms with van der Waals surface area (Å²) in [5.41, 5.74) is 1.40. The number of benzene rings is 2. The molecule has 1 N–H and O–H groups in total. The molecule has 0 aromatic heterocycles. The molecular formula is C15H13BrF3N. The van der Waals surface area contributed by atoms with Crippen molar-refractivity contribution in [1.29, 1.82) is 0 Å². The van der Waals surface area contributed by atoms with Crippen molar-refractivity contribution in [1.82, 2.24) is 5.32 Å². The van der Waals surface area contributed by atoms with E-state index in [1.165, 1.54) is 0 Å². The number of rotatable bonds is 4. The van der Waals surface area contributed by atoms with Crippen LogP contribution in [-0.2, 0) is 6.54 Å². The fourth-order valence-corrected chi connectivity index (χ4v) is 2.55. The summed E-state index contributed by atoms with van der Waals surface area (Å²) in [4.78, 5) is 0. The third-order valence-corrected chi connectivity index (χ3v) is 3.75. The highest BCUT2D eigenvalue weighted by atomic mass is 79.9. The van der Waals surface area contributed by atoms with Crippen LogP contribution in [0.5, 0.6) is 0 Å². The van der Waals surface area contributed by atoms with E-state index >= 15 is 0 Å². The molecule has 0 spiro atoms. The summed E-state index contributed by atoms with van der Waals surface area (Å²) in [6.07, 6.45) is 0. The third-order valence-electron chi connectivity index (χ3n) is 3.03. The maximum absolute atomic E-state index is 13.1. The summed E-state index contributed by atoms with van der Waals surface area (Å²) in [5, 5.41) is 3.14. The molecular weight excluding hydrogens is 331 g/mol. The molecule has 0 unspecified atom stereocenters. The van der Waals surface area contributed by atoms with Crippen molar-refractivity contribution in [2.75, 3.05) is 0 Å². The van der Waals surface area contributed by atoms with Crippen molar-refractivity contribution in [3.63, 3.8) is 0 Å². The van der Waals surface area contributed by atoms with E-state index in [9.17, 15) is 13.2 Å². The summed E-state index contributed by atoms with van der Waals surface area (Å²) >= 11 is 3.45. The molecule has 5 heteroatoms. The first-order chi connectivity index (χ1) is 9.49. The smallest absolute Gasteiger partial charge is 0.194 e. The minimum atomic E-state index is -1.44. The van der Waals surface area contributed by atoms with E-state index in [0.717, 1.165) is 22.2 Å². The van der Waals surface area contributed by atoms with Crippen LogP contribution in [-0.4, -0.2) is 0 Å². The Hall–Kier alpha value is -1.33. The van der Waals surface area contributed by atoms with Gasteiger partial charge in [-0.3, -0.25) is 0 Å². The molecule has 106 valence electrons. The second-order valence-electron chi connectivity index (χ2n) is 4.50. The van der Waals surface area contributed by atoms with E-state index in [1.54, 1.807) is 0 Å². The van der Waals surface area contributed by atoms with Crippen molar-refractivity contribution in [2.24, 2.45) is 0 Å². The quantitative estimate of drug-likeness (QED) is 0.792. The zero-order valence-corrected chi connectivity index (χ0v) is 12.3. The molecule has 0 fully saturated rings. The largest absolute Gasteiger partial charge is 0.306 e. The van der Waals surface area contributed by atoms with Crippen LogP contribution >= 0.6 is 15.9 Å². The average molecular weight is 344 g/mol. The molecule has 0 saturated carbocycles. The molecule has 0 radical (unpaired) electrons. The van der Waals surface area contributed by atoms with Crippen LogP contribution in [0.25, 0.3) is 0 Å². The highest BCUT2D eigenvalue weighted by molar-refractivity contribution is 9.10. The number of halogens is 4. The molecule has 20 heavy (non-hydrogen) atoms. The summed E-state index contributed by atoms with van der Waals surface area (Å²) in [5.74, 6) is -3.78. The maximum atomic E-state index is 13.1. The van der Waals surface area contributed by atoms with Gasteiger partial charge < -0.3 is 5.32 Å². The summed E-state index contributed by atoms with van der Waals surface area (Å²) in [6.45, 7) is 2.19. The Kier molecular flexibility index (Phi) is 4.83. The fourth-order valence-electron chi connectivity index (χ4n) is 1.92. The van der Waals surface area contributed by atoms with Gasteiger partial charge in [-0.1, -0.05) is 34.1 Å². The van der Waals surface area contributed by atoms with Gasteiger partial charge in [0.15, 0.2) is 17.5 Å². The molecule has 0 amide bonds. The van der Waals surface area contributed by atoms with Gasteiger partial charge in [0.2, 0.25) is 0 Å². The van der Waals surface area contributed by atoms with E-state index in [4.69, 9.17) is 0 Å². The van der Waals surface area contributed by atoms with Crippen LogP contribution in [0.2, 0.25) is 0 Å². The Bertz CT molecular complexity index is 593. The van der Waals surface area contributed by atoms with Crippen LogP contribution in [0.4, 0.5) is 13.2 Å². The molecule has 0 aliphatic heterocycles. The Morgan fingerprint density at radius 2 is 1.70 bits per heavy atom. The van der Waals surface area contributed by atoms with Crippen molar-refractivity contribution < 1.29 is 13.2 Å². The van der Waals surface area contributed by atoms with Crippen molar-refractivity contribution in [3.8, 4) is 0 Å². The monoisotopic (exact) mass is 343 g/mol. The summed E-state index contributed by atoms with van der Waals surface area (Å²) < 4.78 is 40.0. The van der Waals surface area contributed by atoms with Gasteiger partial charge in [-0.25, -0.2) is 13.2 Å². The predicted octanol–water partition coefficient (Wildman–Crippen LogP) is 4.72. The second-order valence-corrected chi connectivity index (χ2v) is 5.35. The number of hydrogen-bond acceptors (Lipinski definition) is 1. The first-order valence-electron chi connectivity index (χ1n) is 6.10. The van der Waals surface area contributed by atoms with Gasteiger partial charge in [0.1, 0.15) is 0 Å². The van der Waals surface area contributed by atoms with Gasteiger partial charge in [0.05, 0.1) is 0 Å². The van der Waals surface area contributed by atoms with E-state index in [2.05, 4.69) is 21.2 Å². The van der Waals surface area contributed by atoms with E-state index in [1.807, 2.05) is 31.2 Å². The van der Waals surface area contributed by atoms with Crippen LogP contribution in [0.1, 0.15) is 24.1 Å². The molecule has 2 aromatic carbocycles. The van der Waals surface area contributed by atoms with Gasteiger partial charge in [-0.2, -0.15) is 0 Å². The van der Waals surface area contributed by atoms with Gasteiger partial charge in [0, 0.05) is 17.1 Å². The first kappa shape index (κ1) is 15.1. The second kappa shape index (κ2) is 6.41. The summed E-state index contributed by atoms with van der Waals surface area (Å²) in [7, 11) is 0. The zero-order valence-electron chi connectivity index (χ0n) is 10.8. The molecule has 0 bridgehead atoms. The van der Waals surface area contributed by atoms with Crippen LogP contribution in [0.15, 0.2) is 40.9 Å². The average Bonchev–Trinajstić information content (AvgIpc) is 2.42. The maximum Gasteiger partial charge on any atom is 0.194 e. The highest BCUT2D eigenvalue weighted by Crippen LogP contribution is 2.23. The Morgan fingerprint density at radius 3 is 2.30 bits per heavy atom. The van der Waals surface area contributed by atoms with E-state index in [-0.39, 0.29) is 12.6 Å². The summed E-state index contributed by atoms with van der Waals surface area (Å²) in [6, 6.07) is 9.68. The third kappa shape index (κ3) is 3.41. The predicted molar refractivity (Wildman–Crippen MR) is 75.7 cm³/mol. The zero-order chi connectivity index (χ0) is 14.7. The lowest BCUT2D eigenvalue weighted by molar-refractivity contribution is 0.443. The fraction of sp³-hybridized carbons (Fsp3) is 0.200. The highest BCUT2D eigenvalue weighted by Gasteiger charge is 2.12. The van der Waals surface area contributed by atoms with Crippen LogP contribution in [0.3, 0.4) is 0 Å². The Balaban J connectivity index is 2.07. The standard InChI is InChI=1S/C15H13BrF3N/c1-9(11-4-2-3-5-12(11)16)20-8-10-6-13(17)15(19)14(18)7-10/h2-7,9,20H,8H2,1H3/t9-/m1/s1. The minimum Gasteiger partial charge on any atom is -0.306 e. The van der Waals surface area contributed by atoms with Crippen molar-refractivity contribution in [2.45, 2.75) is 19.5 Å². The van der Waals surface area contributed by atoms with Gasteiger partial charge in [-0.15, -0.1) is 0 Å². The van der Waals surface area contributed by atoms with Gasteiger partial charge in [0.25, 0.3) is 0 Å². The van der Waals surface area contributed by atoms with Crippen LogP contribution in [0, 0.1) is 17.5 Å². The lowest BCUT2D eigenvalue weighted by atomic mass is 10.1. The molecule has 0 saturated heterocycles. The van der Waals surface area contributed by atoms with Crippen LogP contribution < -0.4 is 5.32 Å². The van der Waals surface area contributed by atoms with Gasteiger partial charge >= 0.3 is 0 Å². The Labute approximate surface area is 123 Å². The van der Waals surface area contributed by atoms with Gasteiger partial charge in [-0.05, 0) is 36.2 Å².